The number of fused-ring (bicyclic) bond motifs is 7. The first kappa shape index (κ1) is 28.8. The van der Waals surface area contributed by atoms with E-state index < -0.39 is 0 Å². The van der Waals surface area contributed by atoms with Gasteiger partial charge in [0.15, 0.2) is 5.58 Å². The lowest BCUT2D eigenvalue weighted by Gasteiger charge is -2.26. The molecule has 3 nitrogen and oxygen atoms in total. The van der Waals surface area contributed by atoms with Gasteiger partial charge in [0.2, 0.25) is 5.71 Å². The number of para-hydroxylation sites is 1. The lowest BCUT2D eigenvalue weighted by Crippen LogP contribution is -2.10. The first-order chi connectivity index (χ1) is 25.8. The molecule has 0 spiro atoms. The molecule has 52 heavy (non-hydrogen) atoms. The molecule has 0 atom stereocenters. The number of pyridine rings is 1. The van der Waals surface area contributed by atoms with Crippen molar-refractivity contribution < 1.29 is 4.42 Å². The molecule has 0 saturated heterocycles. The first-order valence-electron chi connectivity index (χ1n) is 17.7. The van der Waals surface area contributed by atoms with E-state index in [1.54, 1.807) is 6.20 Å². The van der Waals surface area contributed by atoms with Crippen LogP contribution >= 0.6 is 0 Å². The minimum atomic E-state index is 0.640. The first-order valence-corrected chi connectivity index (χ1v) is 17.7. The molecule has 0 amide bonds. The van der Waals surface area contributed by atoms with Crippen LogP contribution in [0.25, 0.3) is 88.1 Å². The molecule has 3 heteroatoms. The zero-order valence-corrected chi connectivity index (χ0v) is 28.1. The van der Waals surface area contributed by atoms with E-state index in [1.807, 2.05) is 6.07 Å². The molecule has 1 aliphatic rings. The van der Waals surface area contributed by atoms with Gasteiger partial charge in [-0.3, -0.25) is 0 Å². The second-order valence-corrected chi connectivity index (χ2v) is 13.5. The Kier molecular flexibility index (Phi) is 6.25. The zero-order chi connectivity index (χ0) is 34.2. The minimum absolute atomic E-state index is 0.640. The molecule has 2 aromatic heterocycles. The van der Waals surface area contributed by atoms with Crippen LogP contribution in [0.4, 0.5) is 17.1 Å². The van der Waals surface area contributed by atoms with E-state index in [4.69, 9.17) is 4.42 Å². The van der Waals surface area contributed by atoms with Gasteiger partial charge in [0.1, 0.15) is 0 Å². The van der Waals surface area contributed by atoms with Gasteiger partial charge in [0, 0.05) is 28.3 Å². The lowest BCUT2D eigenvalue weighted by atomic mass is 9.94. The molecule has 11 rings (SSSR count). The van der Waals surface area contributed by atoms with E-state index in [-0.39, 0.29) is 0 Å². The molecule has 0 unspecified atom stereocenters. The van der Waals surface area contributed by atoms with Crippen molar-refractivity contribution in [2.75, 3.05) is 4.90 Å². The average molecular weight is 663 g/mol. The third-order valence-corrected chi connectivity index (χ3v) is 10.7. The fraction of sp³-hybridized carbons (Fsp3) is 0. The number of nitrogens with zero attached hydrogens (tertiary/aromatic N) is 2. The SMILES string of the molecule is c1ccc2c(c1)-c1cccc3c(-c4ccc(N(c5ccc(-c6cccc7ccccc67)cc5)c5cccc6c5oc5ncccc56)cc4)ccc-2c13. The highest BCUT2D eigenvalue weighted by molar-refractivity contribution is 6.18. The smallest absolute Gasteiger partial charge is 0.227 e. The van der Waals surface area contributed by atoms with Crippen molar-refractivity contribution in [2.24, 2.45) is 0 Å². The second-order valence-electron chi connectivity index (χ2n) is 13.5. The molecule has 242 valence electrons. The van der Waals surface area contributed by atoms with Gasteiger partial charge in [0.25, 0.3) is 0 Å². The van der Waals surface area contributed by atoms with Crippen molar-refractivity contribution >= 4 is 60.7 Å². The Morgan fingerprint density at radius 2 is 0.923 bits per heavy atom. The topological polar surface area (TPSA) is 29.3 Å². The summed E-state index contributed by atoms with van der Waals surface area (Å²) in [6, 6.07) is 63.3. The van der Waals surface area contributed by atoms with E-state index in [0.29, 0.717) is 5.71 Å². The Labute approximate surface area is 300 Å². The largest absolute Gasteiger partial charge is 0.435 e. The maximum atomic E-state index is 6.49. The predicted molar refractivity (Wildman–Crippen MR) is 217 cm³/mol. The van der Waals surface area contributed by atoms with Gasteiger partial charge in [-0.2, -0.15) is 0 Å². The standard InChI is InChI=1S/C49H30N2O/c1-2-11-36-31(9-1)10-5-14-37(36)32-20-24-34(25-21-32)51(46-19-7-17-44-45-18-8-30-50-49(45)52-48(44)46)35-26-22-33(23-27-35)38-28-29-43-40-13-4-3-12-39(40)42-16-6-15-41(38)47(42)43/h1-30H. The highest BCUT2D eigenvalue weighted by Gasteiger charge is 2.23. The summed E-state index contributed by atoms with van der Waals surface area (Å²) in [4.78, 5) is 6.85. The van der Waals surface area contributed by atoms with Gasteiger partial charge in [-0.15, -0.1) is 0 Å². The van der Waals surface area contributed by atoms with Crippen LogP contribution in [-0.2, 0) is 0 Å². The molecule has 10 aromatic rings. The summed E-state index contributed by atoms with van der Waals surface area (Å²) in [5.74, 6) is 0. The average Bonchev–Trinajstić information content (AvgIpc) is 3.76. The van der Waals surface area contributed by atoms with Gasteiger partial charge in [-0.05, 0) is 109 Å². The molecule has 1 aliphatic carbocycles. The van der Waals surface area contributed by atoms with E-state index in [0.717, 1.165) is 33.4 Å². The molecule has 0 radical (unpaired) electrons. The van der Waals surface area contributed by atoms with Crippen LogP contribution in [0.15, 0.2) is 187 Å². The molecule has 8 aromatic carbocycles. The van der Waals surface area contributed by atoms with Crippen LogP contribution < -0.4 is 4.90 Å². The third-order valence-electron chi connectivity index (χ3n) is 10.7. The summed E-state index contributed by atoms with van der Waals surface area (Å²) in [5.41, 5.74) is 14.6. The molecule has 0 aliphatic heterocycles. The fourth-order valence-electron chi connectivity index (χ4n) is 8.34. The molecular formula is C49H30N2O. The van der Waals surface area contributed by atoms with Gasteiger partial charge in [0.05, 0.1) is 5.69 Å². The van der Waals surface area contributed by atoms with E-state index in [1.165, 1.54) is 66.1 Å². The maximum Gasteiger partial charge on any atom is 0.227 e. The quantitative estimate of drug-likeness (QED) is 0.184. The molecule has 2 heterocycles. The normalized spacial score (nSPS) is 11.8. The summed E-state index contributed by atoms with van der Waals surface area (Å²) in [6.07, 6.45) is 1.78. The van der Waals surface area contributed by atoms with Crippen molar-refractivity contribution in [1.29, 1.82) is 0 Å². The van der Waals surface area contributed by atoms with Crippen LogP contribution in [0.2, 0.25) is 0 Å². The second kappa shape index (κ2) is 11.3. The van der Waals surface area contributed by atoms with Crippen molar-refractivity contribution in [2.45, 2.75) is 0 Å². The number of hydrogen-bond donors (Lipinski definition) is 0. The number of rotatable bonds is 5. The lowest BCUT2D eigenvalue weighted by molar-refractivity contribution is 0.654. The zero-order valence-electron chi connectivity index (χ0n) is 28.1. The molecule has 0 N–H and O–H groups in total. The van der Waals surface area contributed by atoms with E-state index in [9.17, 15) is 0 Å². The fourth-order valence-corrected chi connectivity index (χ4v) is 8.34. The Morgan fingerprint density at radius 1 is 0.385 bits per heavy atom. The van der Waals surface area contributed by atoms with E-state index in [2.05, 4.69) is 180 Å². The van der Waals surface area contributed by atoms with Crippen molar-refractivity contribution in [3.8, 4) is 44.5 Å². The highest BCUT2D eigenvalue weighted by Crippen LogP contribution is 2.49. The molecule has 0 bridgehead atoms. The van der Waals surface area contributed by atoms with Gasteiger partial charge >= 0.3 is 0 Å². The van der Waals surface area contributed by atoms with Gasteiger partial charge < -0.3 is 9.32 Å². The monoisotopic (exact) mass is 662 g/mol. The summed E-state index contributed by atoms with van der Waals surface area (Å²) in [6.45, 7) is 0. The summed E-state index contributed by atoms with van der Waals surface area (Å²) >= 11 is 0. The Morgan fingerprint density at radius 3 is 1.71 bits per heavy atom. The summed E-state index contributed by atoms with van der Waals surface area (Å²) < 4.78 is 6.49. The Balaban J connectivity index is 1.05. The minimum Gasteiger partial charge on any atom is -0.435 e. The maximum absolute atomic E-state index is 6.49. The summed E-state index contributed by atoms with van der Waals surface area (Å²) in [7, 11) is 0. The van der Waals surface area contributed by atoms with E-state index >= 15 is 0 Å². The number of hydrogen-bond acceptors (Lipinski definition) is 3. The predicted octanol–water partition coefficient (Wildman–Crippen LogP) is 13.7. The highest BCUT2D eigenvalue weighted by atomic mass is 16.3. The van der Waals surface area contributed by atoms with Crippen molar-refractivity contribution in [3.05, 3.63) is 182 Å². The van der Waals surface area contributed by atoms with Crippen LogP contribution in [0.5, 0.6) is 0 Å². The van der Waals surface area contributed by atoms with Crippen LogP contribution in [-0.4, -0.2) is 4.98 Å². The molecule has 0 saturated carbocycles. The number of furan rings is 1. The van der Waals surface area contributed by atoms with Crippen LogP contribution in [0.3, 0.4) is 0 Å². The third kappa shape index (κ3) is 4.30. The van der Waals surface area contributed by atoms with Gasteiger partial charge in [-0.1, -0.05) is 133 Å². The molecule has 0 fully saturated rings. The molecular weight excluding hydrogens is 633 g/mol. The Bertz CT molecular complexity index is 2980. The summed E-state index contributed by atoms with van der Waals surface area (Å²) in [5, 5.41) is 7.15. The number of anilines is 3. The van der Waals surface area contributed by atoms with Gasteiger partial charge in [-0.25, -0.2) is 4.98 Å². The van der Waals surface area contributed by atoms with Crippen LogP contribution in [0, 0.1) is 0 Å². The van der Waals surface area contributed by atoms with Crippen molar-refractivity contribution in [3.63, 3.8) is 0 Å². The van der Waals surface area contributed by atoms with Crippen LogP contribution in [0.1, 0.15) is 0 Å². The number of aromatic nitrogens is 1. The number of benzene rings is 8. The van der Waals surface area contributed by atoms with Crippen molar-refractivity contribution in [1.82, 2.24) is 4.98 Å². The Hall–Kier alpha value is -6.97.